The van der Waals surface area contributed by atoms with Gasteiger partial charge < -0.3 is 16.0 Å². The number of thiophene rings is 1. The predicted octanol–water partition coefficient (Wildman–Crippen LogP) is 3.50. The summed E-state index contributed by atoms with van der Waals surface area (Å²) in [4.78, 5) is 16.7. The first-order chi connectivity index (χ1) is 11.7. The van der Waals surface area contributed by atoms with Gasteiger partial charge in [-0.3, -0.25) is 9.79 Å². The second-order valence-electron chi connectivity index (χ2n) is 5.07. The molecule has 0 spiro atoms. The second kappa shape index (κ2) is 12.1. The molecule has 2 rings (SSSR count). The van der Waals surface area contributed by atoms with Crippen molar-refractivity contribution in [2.24, 2.45) is 4.99 Å². The maximum atomic E-state index is 11.8. The summed E-state index contributed by atoms with van der Waals surface area (Å²) < 4.78 is 0. The average Bonchev–Trinajstić information content (AvgIpc) is 3.12. The number of guanidine groups is 1. The molecule has 1 heterocycles. The molecule has 0 radical (unpaired) electrons. The fourth-order valence-electron chi connectivity index (χ4n) is 2.05. The van der Waals surface area contributed by atoms with Crippen LogP contribution < -0.4 is 16.0 Å². The van der Waals surface area contributed by atoms with Crippen LogP contribution in [-0.2, 0) is 6.54 Å². The number of nitrogens with zero attached hydrogens (tertiary/aromatic N) is 1. The lowest BCUT2D eigenvalue weighted by molar-refractivity contribution is 0.0957. The van der Waals surface area contributed by atoms with Crippen LogP contribution in [0.25, 0.3) is 0 Å². The molecule has 0 saturated heterocycles. The Hall–Kier alpha value is -1.32. The molecule has 5 nitrogen and oxygen atoms in total. The average molecular weight is 493 g/mol. The van der Waals surface area contributed by atoms with Gasteiger partial charge in [0.15, 0.2) is 5.96 Å². The highest BCUT2D eigenvalue weighted by molar-refractivity contribution is 14.0. The minimum Gasteiger partial charge on any atom is -0.356 e. The first-order valence-corrected chi connectivity index (χ1v) is 8.95. The highest BCUT2D eigenvalue weighted by Crippen LogP contribution is 2.10. The smallest absolute Gasteiger partial charge is 0.261 e. The topological polar surface area (TPSA) is 65.5 Å². The third kappa shape index (κ3) is 8.06. The Bertz CT molecular complexity index is 679. The fraction of sp³-hybridized carbons (Fsp3) is 0.294. The van der Waals surface area contributed by atoms with Gasteiger partial charge in [-0.05, 0) is 35.6 Å². The third-order valence-corrected chi connectivity index (χ3v) is 4.35. The zero-order valence-electron chi connectivity index (χ0n) is 13.9. The third-order valence-electron chi connectivity index (χ3n) is 3.25. The minimum absolute atomic E-state index is 0. The fourth-order valence-corrected chi connectivity index (χ4v) is 2.90. The number of nitrogens with one attached hydrogen (secondary N) is 3. The number of aliphatic imine (C=N–C) groups is 1. The summed E-state index contributed by atoms with van der Waals surface area (Å²) in [5, 5.41) is 12.0. The summed E-state index contributed by atoms with van der Waals surface area (Å²) in [5.74, 6) is 0.702. The van der Waals surface area contributed by atoms with Crippen LogP contribution in [0, 0.1) is 0 Å². The number of hydrogen-bond acceptors (Lipinski definition) is 3. The van der Waals surface area contributed by atoms with Crippen LogP contribution in [0.1, 0.15) is 21.7 Å². The molecule has 136 valence electrons. The Kier molecular flexibility index (Phi) is 10.5. The van der Waals surface area contributed by atoms with Crippen LogP contribution >= 0.6 is 46.9 Å². The SMILES string of the molecule is CN=C(NCCCNC(=O)c1cccs1)NCc1cccc(Cl)c1.I. The lowest BCUT2D eigenvalue weighted by Gasteiger charge is -2.12. The van der Waals surface area contributed by atoms with Crippen LogP contribution in [0.5, 0.6) is 0 Å². The summed E-state index contributed by atoms with van der Waals surface area (Å²) in [6.07, 6.45) is 0.814. The van der Waals surface area contributed by atoms with Crippen molar-refractivity contribution in [3.05, 3.63) is 57.2 Å². The van der Waals surface area contributed by atoms with E-state index in [4.69, 9.17) is 11.6 Å². The predicted molar refractivity (Wildman–Crippen MR) is 116 cm³/mol. The van der Waals surface area contributed by atoms with Gasteiger partial charge in [0.25, 0.3) is 5.91 Å². The van der Waals surface area contributed by atoms with Gasteiger partial charge in [0.05, 0.1) is 4.88 Å². The van der Waals surface area contributed by atoms with Gasteiger partial charge in [-0.15, -0.1) is 35.3 Å². The Morgan fingerprint density at radius 2 is 1.96 bits per heavy atom. The Labute approximate surface area is 174 Å². The van der Waals surface area contributed by atoms with Gasteiger partial charge in [0.2, 0.25) is 0 Å². The lowest BCUT2D eigenvalue weighted by Crippen LogP contribution is -2.38. The molecule has 3 N–H and O–H groups in total. The monoisotopic (exact) mass is 492 g/mol. The van der Waals surface area contributed by atoms with Crippen molar-refractivity contribution >= 4 is 58.8 Å². The van der Waals surface area contributed by atoms with Crippen molar-refractivity contribution in [1.29, 1.82) is 0 Å². The Morgan fingerprint density at radius 3 is 2.64 bits per heavy atom. The number of carbonyl (C=O) groups excluding carboxylic acids is 1. The molecule has 8 heteroatoms. The van der Waals surface area contributed by atoms with Crippen molar-refractivity contribution in [2.45, 2.75) is 13.0 Å². The highest BCUT2D eigenvalue weighted by Gasteiger charge is 2.04. The van der Waals surface area contributed by atoms with Gasteiger partial charge in [0, 0.05) is 31.7 Å². The van der Waals surface area contributed by atoms with Crippen molar-refractivity contribution in [3.8, 4) is 0 Å². The van der Waals surface area contributed by atoms with E-state index in [0.717, 1.165) is 34.4 Å². The highest BCUT2D eigenvalue weighted by atomic mass is 127. The van der Waals surface area contributed by atoms with E-state index in [1.165, 1.54) is 11.3 Å². The Balaban J connectivity index is 0.00000312. The second-order valence-corrected chi connectivity index (χ2v) is 6.45. The summed E-state index contributed by atoms with van der Waals surface area (Å²) in [6.45, 7) is 1.99. The molecule has 0 atom stereocenters. The molecule has 0 aliphatic heterocycles. The van der Waals surface area contributed by atoms with Crippen molar-refractivity contribution in [3.63, 3.8) is 0 Å². The molecule has 0 unspecified atom stereocenters. The minimum atomic E-state index is -0.0199. The summed E-state index contributed by atoms with van der Waals surface area (Å²) in [6, 6.07) is 11.4. The molecule has 0 saturated carbocycles. The van der Waals surface area contributed by atoms with E-state index < -0.39 is 0 Å². The summed E-state index contributed by atoms with van der Waals surface area (Å²) >= 11 is 7.41. The van der Waals surface area contributed by atoms with E-state index in [0.29, 0.717) is 13.1 Å². The Morgan fingerprint density at radius 1 is 1.16 bits per heavy atom. The van der Waals surface area contributed by atoms with Gasteiger partial charge in [-0.1, -0.05) is 29.8 Å². The van der Waals surface area contributed by atoms with Gasteiger partial charge in [-0.25, -0.2) is 0 Å². The van der Waals surface area contributed by atoms with Crippen LogP contribution in [0.15, 0.2) is 46.8 Å². The number of hydrogen-bond donors (Lipinski definition) is 3. The van der Waals surface area contributed by atoms with Crippen LogP contribution in [0.2, 0.25) is 5.02 Å². The number of benzene rings is 1. The van der Waals surface area contributed by atoms with E-state index in [9.17, 15) is 4.79 Å². The molecule has 2 aromatic rings. The van der Waals surface area contributed by atoms with Crippen LogP contribution in [0.3, 0.4) is 0 Å². The first kappa shape index (κ1) is 21.7. The maximum absolute atomic E-state index is 11.8. The molecule has 1 aromatic carbocycles. The molecular formula is C17H22ClIN4OS. The number of rotatable bonds is 7. The molecule has 1 aromatic heterocycles. The molecule has 0 fully saturated rings. The quantitative estimate of drug-likeness (QED) is 0.240. The first-order valence-electron chi connectivity index (χ1n) is 7.69. The zero-order valence-corrected chi connectivity index (χ0v) is 17.8. The standard InChI is InChI=1S/C17H21ClN4OS.HI/c1-19-17(22-12-13-5-2-6-14(18)11-13)21-9-4-8-20-16(23)15-7-3-10-24-15;/h2-3,5-7,10-11H,4,8-9,12H2,1H3,(H,20,23)(H2,19,21,22);1H. The van der Waals surface area contributed by atoms with Gasteiger partial charge >= 0.3 is 0 Å². The van der Waals surface area contributed by atoms with Gasteiger partial charge in [-0.2, -0.15) is 0 Å². The van der Waals surface area contributed by atoms with E-state index in [1.54, 1.807) is 7.05 Å². The molecular weight excluding hydrogens is 471 g/mol. The van der Waals surface area contributed by atoms with Crippen molar-refractivity contribution < 1.29 is 4.79 Å². The van der Waals surface area contributed by atoms with Crippen molar-refractivity contribution in [2.75, 3.05) is 20.1 Å². The zero-order chi connectivity index (χ0) is 17.2. The maximum Gasteiger partial charge on any atom is 0.261 e. The lowest BCUT2D eigenvalue weighted by atomic mass is 10.2. The van der Waals surface area contributed by atoms with E-state index in [-0.39, 0.29) is 29.9 Å². The number of halogens is 2. The van der Waals surface area contributed by atoms with Crippen LogP contribution in [0.4, 0.5) is 0 Å². The van der Waals surface area contributed by atoms with E-state index >= 15 is 0 Å². The van der Waals surface area contributed by atoms with E-state index in [1.807, 2.05) is 41.8 Å². The molecule has 0 aliphatic carbocycles. The van der Waals surface area contributed by atoms with Gasteiger partial charge in [0.1, 0.15) is 0 Å². The molecule has 0 bridgehead atoms. The summed E-state index contributed by atoms with van der Waals surface area (Å²) in [5.41, 5.74) is 1.09. The number of carbonyl (C=O) groups is 1. The summed E-state index contributed by atoms with van der Waals surface area (Å²) in [7, 11) is 1.73. The van der Waals surface area contributed by atoms with E-state index in [2.05, 4.69) is 20.9 Å². The van der Waals surface area contributed by atoms with Crippen LogP contribution in [-0.4, -0.2) is 32.0 Å². The normalized spacial score (nSPS) is 10.7. The molecule has 0 aliphatic rings. The largest absolute Gasteiger partial charge is 0.356 e. The molecule has 1 amide bonds. The molecule has 25 heavy (non-hydrogen) atoms. The number of amides is 1. The van der Waals surface area contributed by atoms with Crippen molar-refractivity contribution in [1.82, 2.24) is 16.0 Å².